The van der Waals surface area contributed by atoms with Gasteiger partial charge in [0.1, 0.15) is 23.4 Å². The number of phenols is 1. The summed E-state index contributed by atoms with van der Waals surface area (Å²) in [5.74, 6) is 0.0251. The first-order valence-corrected chi connectivity index (χ1v) is 15.7. The zero-order valence-electron chi connectivity index (χ0n) is 25.6. The van der Waals surface area contributed by atoms with Gasteiger partial charge in [-0.15, -0.1) is 0 Å². The number of alkyl carbamates (subject to hydrolysis) is 1. The van der Waals surface area contributed by atoms with Gasteiger partial charge in [0.05, 0.1) is 0 Å². The molecule has 2 aromatic rings. The van der Waals surface area contributed by atoms with Crippen LogP contribution in [-0.2, 0) is 14.3 Å². The summed E-state index contributed by atoms with van der Waals surface area (Å²) in [5, 5.41) is 16.0. The highest BCUT2D eigenvalue weighted by Gasteiger charge is 2.36. The molecule has 0 saturated heterocycles. The molecule has 41 heavy (non-hydrogen) atoms. The third kappa shape index (κ3) is 10.9. The molecule has 0 spiro atoms. The number of hydrogen-bond donors (Lipinski definition) is 3. The number of carbonyl (C=O) groups is 3. The van der Waals surface area contributed by atoms with E-state index in [1.54, 1.807) is 62.6 Å². The molecule has 2 aromatic carbocycles. The maximum atomic E-state index is 14.3. The zero-order valence-corrected chi connectivity index (χ0v) is 26.4. The zero-order chi connectivity index (χ0) is 30.6. The van der Waals surface area contributed by atoms with Gasteiger partial charge in [0.25, 0.3) is 5.91 Å². The topological polar surface area (TPSA) is 108 Å². The first kappa shape index (κ1) is 34.0. The number of para-hydroxylation sites is 1. The van der Waals surface area contributed by atoms with Gasteiger partial charge in [-0.25, -0.2) is 4.79 Å². The van der Waals surface area contributed by atoms with Crippen molar-refractivity contribution in [2.75, 3.05) is 23.9 Å². The number of nitrogens with one attached hydrogen (secondary N) is 2. The van der Waals surface area contributed by atoms with E-state index in [-0.39, 0.29) is 17.6 Å². The first-order valence-electron chi connectivity index (χ1n) is 14.3. The van der Waals surface area contributed by atoms with E-state index in [0.717, 1.165) is 24.8 Å². The Morgan fingerprint density at radius 3 is 2.34 bits per heavy atom. The monoisotopic (exact) mass is 585 g/mol. The predicted molar refractivity (Wildman–Crippen MR) is 167 cm³/mol. The molecule has 3 N–H and O–H groups in total. The lowest BCUT2D eigenvalue weighted by atomic mass is 9.99. The van der Waals surface area contributed by atoms with Crippen LogP contribution >= 0.6 is 11.8 Å². The quantitative estimate of drug-likeness (QED) is 0.212. The SMILES string of the molecule is CCCCCCN(C(=O)C(CCSC)NC(=O)OC(C)(C)C)C(C(=O)Nc1ccccc1C)c1ccc(O)c(C)c1. The van der Waals surface area contributed by atoms with Gasteiger partial charge in [-0.05, 0) is 94.4 Å². The summed E-state index contributed by atoms with van der Waals surface area (Å²) >= 11 is 1.57. The summed E-state index contributed by atoms with van der Waals surface area (Å²) in [6.07, 6.45) is 5.28. The molecule has 9 heteroatoms. The molecule has 0 heterocycles. The van der Waals surface area contributed by atoms with Crippen molar-refractivity contribution in [3.8, 4) is 5.75 Å². The van der Waals surface area contributed by atoms with Crippen molar-refractivity contribution in [3.05, 3.63) is 59.2 Å². The second kappa shape index (κ2) is 16.3. The van der Waals surface area contributed by atoms with Gasteiger partial charge in [0.15, 0.2) is 0 Å². The third-order valence-corrected chi connectivity index (χ3v) is 7.28. The molecule has 0 radical (unpaired) electrons. The molecule has 0 fully saturated rings. The normalized spacial score (nSPS) is 12.8. The van der Waals surface area contributed by atoms with Crippen molar-refractivity contribution in [1.82, 2.24) is 10.2 Å². The van der Waals surface area contributed by atoms with Crippen LogP contribution in [0.5, 0.6) is 5.75 Å². The minimum atomic E-state index is -0.986. The van der Waals surface area contributed by atoms with E-state index < -0.39 is 23.8 Å². The van der Waals surface area contributed by atoms with E-state index in [4.69, 9.17) is 4.74 Å². The van der Waals surface area contributed by atoms with E-state index in [1.165, 1.54) is 0 Å². The van der Waals surface area contributed by atoms with Crippen LogP contribution < -0.4 is 10.6 Å². The number of unbranched alkanes of at least 4 members (excludes halogenated alkanes) is 3. The maximum absolute atomic E-state index is 14.3. The van der Waals surface area contributed by atoms with Gasteiger partial charge in [-0.1, -0.05) is 50.5 Å². The number of ether oxygens (including phenoxy) is 1. The van der Waals surface area contributed by atoms with Gasteiger partial charge >= 0.3 is 6.09 Å². The van der Waals surface area contributed by atoms with Crippen LogP contribution in [0.2, 0.25) is 0 Å². The van der Waals surface area contributed by atoms with Gasteiger partial charge in [0.2, 0.25) is 5.91 Å². The Balaban J connectivity index is 2.57. The molecule has 0 bridgehead atoms. The second-order valence-electron chi connectivity index (χ2n) is 11.3. The largest absolute Gasteiger partial charge is 0.508 e. The maximum Gasteiger partial charge on any atom is 0.408 e. The highest BCUT2D eigenvalue weighted by atomic mass is 32.2. The third-order valence-electron chi connectivity index (χ3n) is 6.63. The molecule has 8 nitrogen and oxygen atoms in total. The number of aromatic hydroxyl groups is 1. The number of thioether (sulfide) groups is 1. The van der Waals surface area contributed by atoms with Crippen LogP contribution in [0, 0.1) is 13.8 Å². The molecular weight excluding hydrogens is 538 g/mol. The van der Waals surface area contributed by atoms with Crippen molar-refractivity contribution >= 4 is 35.4 Å². The number of aryl methyl sites for hydroxylation is 2. The Morgan fingerprint density at radius 1 is 1.02 bits per heavy atom. The first-order chi connectivity index (χ1) is 19.4. The van der Waals surface area contributed by atoms with Crippen LogP contribution in [0.4, 0.5) is 10.5 Å². The second-order valence-corrected chi connectivity index (χ2v) is 12.3. The number of anilines is 1. The van der Waals surface area contributed by atoms with E-state index in [1.807, 2.05) is 37.4 Å². The van der Waals surface area contributed by atoms with E-state index in [0.29, 0.717) is 42.0 Å². The fourth-order valence-electron chi connectivity index (χ4n) is 4.45. The van der Waals surface area contributed by atoms with Gasteiger partial charge in [-0.2, -0.15) is 11.8 Å². The Bertz CT molecular complexity index is 1160. The van der Waals surface area contributed by atoms with Crippen LogP contribution in [0.15, 0.2) is 42.5 Å². The molecule has 226 valence electrons. The standard InChI is InChI=1S/C32H47N3O5S/c1-8-9-10-13-19-35(30(38)26(18-20-41-7)34-31(39)40-32(4,5)6)28(24-16-17-27(36)23(3)21-24)29(37)33-25-15-12-11-14-22(25)2/h11-12,14-17,21,26,28,36H,8-10,13,18-20H2,1-7H3,(H,33,37)(H,34,39). The fraction of sp³-hybridized carbons (Fsp3) is 0.531. The van der Waals surface area contributed by atoms with Crippen LogP contribution in [0.3, 0.4) is 0 Å². The number of amides is 3. The van der Waals surface area contributed by atoms with Gasteiger partial charge < -0.3 is 25.4 Å². The molecule has 0 aliphatic carbocycles. The van der Waals surface area contributed by atoms with Crippen LogP contribution in [-0.4, -0.2) is 58.1 Å². The molecule has 0 saturated carbocycles. The number of carbonyl (C=O) groups excluding carboxylic acids is 3. The summed E-state index contributed by atoms with van der Waals surface area (Å²) in [5.41, 5.74) is 2.00. The van der Waals surface area contributed by atoms with Crippen molar-refractivity contribution < 1.29 is 24.2 Å². The minimum absolute atomic E-state index is 0.108. The van der Waals surface area contributed by atoms with Gasteiger partial charge in [-0.3, -0.25) is 9.59 Å². The molecular formula is C32H47N3O5S. The summed E-state index contributed by atoms with van der Waals surface area (Å²) in [6, 6.07) is 10.6. The lowest BCUT2D eigenvalue weighted by molar-refractivity contribution is -0.141. The van der Waals surface area contributed by atoms with E-state index in [2.05, 4.69) is 17.6 Å². The Hall–Kier alpha value is -3.20. The smallest absolute Gasteiger partial charge is 0.408 e. The molecule has 3 amide bonds. The van der Waals surface area contributed by atoms with Gasteiger partial charge in [0, 0.05) is 12.2 Å². The molecule has 2 atom stereocenters. The van der Waals surface area contributed by atoms with Crippen LogP contribution in [0.25, 0.3) is 0 Å². The summed E-state index contributed by atoms with van der Waals surface area (Å²) < 4.78 is 5.47. The summed E-state index contributed by atoms with van der Waals surface area (Å²) in [6.45, 7) is 11.4. The summed E-state index contributed by atoms with van der Waals surface area (Å²) in [4.78, 5) is 42.7. The molecule has 0 aromatic heterocycles. The molecule has 0 aliphatic heterocycles. The number of benzene rings is 2. The van der Waals surface area contributed by atoms with E-state index in [9.17, 15) is 19.5 Å². The predicted octanol–water partition coefficient (Wildman–Crippen LogP) is 6.74. The Labute approximate surface area is 249 Å². The average molecular weight is 586 g/mol. The Morgan fingerprint density at radius 2 is 1.73 bits per heavy atom. The lowest BCUT2D eigenvalue weighted by Crippen LogP contribution is -2.52. The van der Waals surface area contributed by atoms with Crippen molar-refractivity contribution in [2.24, 2.45) is 0 Å². The molecule has 2 rings (SSSR count). The number of nitrogens with zero attached hydrogens (tertiary/aromatic N) is 1. The van der Waals surface area contributed by atoms with Crippen molar-refractivity contribution in [3.63, 3.8) is 0 Å². The lowest BCUT2D eigenvalue weighted by Gasteiger charge is -2.35. The summed E-state index contributed by atoms with van der Waals surface area (Å²) in [7, 11) is 0. The minimum Gasteiger partial charge on any atom is -0.508 e. The van der Waals surface area contributed by atoms with E-state index >= 15 is 0 Å². The highest BCUT2D eigenvalue weighted by molar-refractivity contribution is 7.98. The average Bonchev–Trinajstić information content (AvgIpc) is 2.90. The number of phenolic OH excluding ortho intramolecular Hbond substituents is 1. The van der Waals surface area contributed by atoms with Crippen molar-refractivity contribution in [1.29, 1.82) is 0 Å². The van der Waals surface area contributed by atoms with Crippen LogP contribution in [0.1, 0.15) is 82.5 Å². The number of rotatable bonds is 14. The molecule has 0 aliphatic rings. The Kier molecular flexibility index (Phi) is 13.5. The highest BCUT2D eigenvalue weighted by Crippen LogP contribution is 2.29. The fourth-order valence-corrected chi connectivity index (χ4v) is 4.93. The number of hydrogen-bond acceptors (Lipinski definition) is 6. The molecule has 2 unspecified atom stereocenters. The van der Waals surface area contributed by atoms with Crippen molar-refractivity contribution in [2.45, 2.75) is 91.3 Å².